The van der Waals surface area contributed by atoms with Crippen LogP contribution in [0.5, 0.6) is 11.5 Å². The molecule has 312 valence electrons. The SMILES string of the molecule is c1ccc(-c2ccc(N(c3cccc4c3-c3ccccc3C43c4ccccc4-c4ccccc43)c3cccc4c5c(ccc34)-c3c(-c4ccccc4)cccc3-c3ccccc3O5)cc2)cc1. The molecule has 11 aromatic carbocycles. The topological polar surface area (TPSA) is 12.5 Å². The lowest BCUT2D eigenvalue weighted by molar-refractivity contribution is 0.493. The molecular formula is C65H41NO. The van der Waals surface area contributed by atoms with Crippen molar-refractivity contribution in [1.82, 2.24) is 0 Å². The average molecular weight is 852 g/mol. The Morgan fingerprint density at radius 3 is 1.54 bits per heavy atom. The maximum Gasteiger partial charge on any atom is 0.143 e. The first-order valence-electron chi connectivity index (χ1n) is 23.2. The van der Waals surface area contributed by atoms with E-state index < -0.39 is 5.41 Å². The van der Waals surface area contributed by atoms with E-state index >= 15 is 0 Å². The van der Waals surface area contributed by atoms with E-state index in [1.165, 1.54) is 72.3 Å². The normalized spacial score (nSPS) is 13.0. The monoisotopic (exact) mass is 851 g/mol. The second-order valence-corrected chi connectivity index (χ2v) is 17.8. The van der Waals surface area contributed by atoms with Crippen molar-refractivity contribution in [3.63, 3.8) is 0 Å². The van der Waals surface area contributed by atoms with E-state index in [1.807, 2.05) is 0 Å². The Labute approximate surface area is 390 Å². The van der Waals surface area contributed by atoms with E-state index in [9.17, 15) is 0 Å². The van der Waals surface area contributed by atoms with Crippen molar-refractivity contribution in [2.75, 3.05) is 4.90 Å². The summed E-state index contributed by atoms with van der Waals surface area (Å²) in [6.45, 7) is 0. The van der Waals surface area contributed by atoms with E-state index in [2.05, 4.69) is 254 Å². The lowest BCUT2D eigenvalue weighted by Gasteiger charge is -2.32. The molecular weight excluding hydrogens is 811 g/mol. The van der Waals surface area contributed by atoms with Gasteiger partial charge in [0.25, 0.3) is 0 Å². The standard InChI is InChI=1S/C65H41NO/c1-3-18-42(19-4-1)43-36-38-45(39-37-43)66(60-34-17-32-58-63(60)53-25-9-13-31-57(53)65(58)55-29-11-7-22-47(55)48-23-8-12-30-56(48)65)59-33-16-28-52-49(59)40-41-54-62-46(44-20-5-2-6-21-44)26-15-27-51(62)50-24-10-14-35-61(50)67-64(52)54/h1-41H. The van der Waals surface area contributed by atoms with Crippen LogP contribution in [-0.4, -0.2) is 0 Å². The summed E-state index contributed by atoms with van der Waals surface area (Å²) in [5.41, 5.74) is 22.4. The van der Waals surface area contributed by atoms with Gasteiger partial charge < -0.3 is 9.64 Å². The van der Waals surface area contributed by atoms with Gasteiger partial charge >= 0.3 is 0 Å². The molecule has 11 aromatic rings. The van der Waals surface area contributed by atoms with E-state index in [1.54, 1.807) is 0 Å². The minimum absolute atomic E-state index is 0.473. The molecule has 0 fully saturated rings. The Bertz CT molecular complexity index is 3730. The number of nitrogens with zero attached hydrogens (tertiary/aromatic N) is 1. The maximum atomic E-state index is 7.23. The third-order valence-electron chi connectivity index (χ3n) is 14.5. The molecule has 1 spiro atoms. The molecule has 1 aliphatic heterocycles. The number of rotatable bonds is 5. The summed E-state index contributed by atoms with van der Waals surface area (Å²) in [6, 6.07) is 91.1. The molecule has 2 nitrogen and oxygen atoms in total. The number of benzene rings is 11. The van der Waals surface area contributed by atoms with Gasteiger partial charge in [-0.3, -0.25) is 0 Å². The predicted molar refractivity (Wildman–Crippen MR) is 277 cm³/mol. The maximum absolute atomic E-state index is 7.23. The highest BCUT2D eigenvalue weighted by Gasteiger charge is 2.52. The van der Waals surface area contributed by atoms with Gasteiger partial charge in [-0.05, 0) is 103 Å². The smallest absolute Gasteiger partial charge is 0.143 e. The molecule has 14 rings (SSSR count). The van der Waals surface area contributed by atoms with Crippen molar-refractivity contribution >= 4 is 27.8 Å². The van der Waals surface area contributed by atoms with Crippen molar-refractivity contribution in [3.8, 4) is 78.3 Å². The highest BCUT2D eigenvalue weighted by molar-refractivity contribution is 6.10. The van der Waals surface area contributed by atoms with Crippen LogP contribution < -0.4 is 9.64 Å². The molecule has 2 heteroatoms. The highest BCUT2D eigenvalue weighted by Crippen LogP contribution is 2.65. The quantitative estimate of drug-likeness (QED) is 0.171. The zero-order valence-corrected chi connectivity index (χ0v) is 36.5. The first kappa shape index (κ1) is 37.6. The van der Waals surface area contributed by atoms with E-state index in [0.717, 1.165) is 56.0 Å². The zero-order valence-electron chi connectivity index (χ0n) is 36.5. The highest BCUT2D eigenvalue weighted by atomic mass is 16.5. The van der Waals surface area contributed by atoms with Gasteiger partial charge in [-0.2, -0.15) is 0 Å². The van der Waals surface area contributed by atoms with Gasteiger partial charge in [0.1, 0.15) is 11.5 Å². The Morgan fingerprint density at radius 1 is 0.284 bits per heavy atom. The van der Waals surface area contributed by atoms with Crippen LogP contribution in [0.2, 0.25) is 0 Å². The molecule has 0 saturated heterocycles. The van der Waals surface area contributed by atoms with Crippen LogP contribution >= 0.6 is 0 Å². The number of fused-ring (bicyclic) bond motifs is 17. The molecule has 0 bridgehead atoms. The second-order valence-electron chi connectivity index (χ2n) is 17.8. The number of hydrogen-bond acceptors (Lipinski definition) is 2. The third-order valence-corrected chi connectivity index (χ3v) is 14.5. The summed E-state index contributed by atoms with van der Waals surface area (Å²) >= 11 is 0. The van der Waals surface area contributed by atoms with Gasteiger partial charge in [0.15, 0.2) is 0 Å². The number of anilines is 3. The first-order chi connectivity index (χ1) is 33.3. The van der Waals surface area contributed by atoms with Crippen molar-refractivity contribution < 1.29 is 4.74 Å². The molecule has 0 radical (unpaired) electrons. The van der Waals surface area contributed by atoms with Crippen molar-refractivity contribution in [2.24, 2.45) is 0 Å². The molecule has 0 aromatic heterocycles. The summed E-state index contributed by atoms with van der Waals surface area (Å²) in [6.07, 6.45) is 0. The Morgan fingerprint density at radius 2 is 0.806 bits per heavy atom. The van der Waals surface area contributed by atoms with Crippen LogP contribution in [0, 0.1) is 0 Å². The van der Waals surface area contributed by atoms with Gasteiger partial charge in [-0.1, -0.05) is 212 Å². The van der Waals surface area contributed by atoms with Crippen LogP contribution in [-0.2, 0) is 5.41 Å². The van der Waals surface area contributed by atoms with Gasteiger partial charge in [0.2, 0.25) is 0 Å². The van der Waals surface area contributed by atoms with E-state index in [4.69, 9.17) is 4.74 Å². The summed E-state index contributed by atoms with van der Waals surface area (Å²) in [7, 11) is 0. The molecule has 0 saturated carbocycles. The zero-order chi connectivity index (χ0) is 44.1. The largest absolute Gasteiger partial charge is 0.455 e. The fraction of sp³-hybridized carbons (Fsp3) is 0.0154. The van der Waals surface area contributed by atoms with Crippen LogP contribution in [0.25, 0.3) is 77.5 Å². The van der Waals surface area contributed by atoms with Crippen LogP contribution in [0.15, 0.2) is 249 Å². The van der Waals surface area contributed by atoms with Gasteiger partial charge in [-0.15, -0.1) is 0 Å². The summed E-state index contributed by atoms with van der Waals surface area (Å²) in [4.78, 5) is 2.50. The molecule has 0 amide bonds. The molecule has 67 heavy (non-hydrogen) atoms. The fourth-order valence-corrected chi connectivity index (χ4v) is 11.8. The number of para-hydroxylation sites is 1. The predicted octanol–water partition coefficient (Wildman–Crippen LogP) is 17.4. The van der Waals surface area contributed by atoms with E-state index in [-0.39, 0.29) is 0 Å². The van der Waals surface area contributed by atoms with Crippen molar-refractivity contribution in [2.45, 2.75) is 5.41 Å². The molecule has 2 aliphatic carbocycles. The van der Waals surface area contributed by atoms with Gasteiger partial charge in [0.05, 0.1) is 16.8 Å². The minimum atomic E-state index is -0.473. The molecule has 0 atom stereocenters. The van der Waals surface area contributed by atoms with Crippen LogP contribution in [0.1, 0.15) is 22.3 Å². The van der Waals surface area contributed by atoms with Crippen LogP contribution in [0.3, 0.4) is 0 Å². The lowest BCUT2D eigenvalue weighted by Crippen LogP contribution is -2.26. The number of hydrogen-bond donors (Lipinski definition) is 0. The first-order valence-corrected chi connectivity index (χ1v) is 23.2. The molecule has 1 heterocycles. The molecule has 0 unspecified atom stereocenters. The molecule has 0 N–H and O–H groups in total. The van der Waals surface area contributed by atoms with Crippen molar-refractivity contribution in [3.05, 3.63) is 271 Å². The van der Waals surface area contributed by atoms with Crippen LogP contribution in [0.4, 0.5) is 17.1 Å². The summed E-state index contributed by atoms with van der Waals surface area (Å²) in [5.74, 6) is 1.70. The summed E-state index contributed by atoms with van der Waals surface area (Å²) < 4.78 is 7.23. The number of ether oxygens (including phenoxy) is 1. The Balaban J connectivity index is 1.05. The Kier molecular flexibility index (Phi) is 8.23. The fourth-order valence-electron chi connectivity index (χ4n) is 11.8. The third kappa shape index (κ3) is 5.39. The average Bonchev–Trinajstić information content (AvgIpc) is 3.81. The van der Waals surface area contributed by atoms with E-state index in [0.29, 0.717) is 0 Å². The second kappa shape index (κ2) is 14.7. The van der Waals surface area contributed by atoms with Gasteiger partial charge in [0, 0.05) is 38.7 Å². The lowest BCUT2D eigenvalue weighted by atomic mass is 9.70. The molecule has 3 aliphatic rings. The van der Waals surface area contributed by atoms with Gasteiger partial charge in [-0.25, -0.2) is 0 Å². The Hall–Kier alpha value is -8.72. The minimum Gasteiger partial charge on any atom is -0.455 e. The van der Waals surface area contributed by atoms with Crippen molar-refractivity contribution in [1.29, 1.82) is 0 Å². The summed E-state index contributed by atoms with van der Waals surface area (Å²) in [5, 5.41) is 2.15.